The highest BCUT2D eigenvalue weighted by molar-refractivity contribution is 5.29. The van der Waals surface area contributed by atoms with Crippen molar-refractivity contribution >= 4 is 0 Å². The molecule has 1 atom stereocenters. The van der Waals surface area contributed by atoms with E-state index in [9.17, 15) is 8.78 Å². The summed E-state index contributed by atoms with van der Waals surface area (Å²) in [5.41, 5.74) is 1.30. The molecule has 2 rings (SSSR count). The van der Waals surface area contributed by atoms with Gasteiger partial charge in [-0.15, -0.1) is 0 Å². The molecular weight excluding hydrogens is 184 g/mol. The summed E-state index contributed by atoms with van der Waals surface area (Å²) in [7, 11) is 0. The van der Waals surface area contributed by atoms with Crippen molar-refractivity contribution in [3.05, 3.63) is 34.9 Å². The molecule has 0 spiro atoms. The summed E-state index contributed by atoms with van der Waals surface area (Å²) in [5.74, 6) is -1.28. The smallest absolute Gasteiger partial charge is 0.162 e. The first-order valence-corrected chi connectivity index (χ1v) is 4.84. The van der Waals surface area contributed by atoms with Crippen LogP contribution in [-0.4, -0.2) is 13.1 Å². The van der Waals surface area contributed by atoms with Gasteiger partial charge in [0.2, 0.25) is 0 Å². The standard InChI is InChI=1S/C11H13F2N/c1-7-4-9(8-2-3-14-6-8)11(13)10(12)5-7/h4-5,8,14H,2-3,6H2,1H3. The Hall–Kier alpha value is -0.960. The average molecular weight is 197 g/mol. The van der Waals surface area contributed by atoms with E-state index in [2.05, 4.69) is 5.32 Å². The molecule has 1 aliphatic rings. The number of hydrogen-bond donors (Lipinski definition) is 1. The molecule has 1 fully saturated rings. The first-order chi connectivity index (χ1) is 6.68. The van der Waals surface area contributed by atoms with Gasteiger partial charge in [0.15, 0.2) is 11.6 Å². The fourth-order valence-electron chi connectivity index (χ4n) is 1.97. The van der Waals surface area contributed by atoms with Gasteiger partial charge in [-0.05, 0) is 37.1 Å². The van der Waals surface area contributed by atoms with Crippen molar-refractivity contribution in [2.24, 2.45) is 0 Å². The second kappa shape index (κ2) is 3.65. The number of rotatable bonds is 1. The molecule has 1 aromatic carbocycles. The zero-order valence-electron chi connectivity index (χ0n) is 8.11. The van der Waals surface area contributed by atoms with Gasteiger partial charge in [-0.25, -0.2) is 8.78 Å². The van der Waals surface area contributed by atoms with Gasteiger partial charge in [-0.3, -0.25) is 0 Å². The summed E-state index contributed by atoms with van der Waals surface area (Å²) in [6.45, 7) is 3.42. The summed E-state index contributed by atoms with van der Waals surface area (Å²) in [6, 6.07) is 2.98. The molecule has 1 heterocycles. The van der Waals surface area contributed by atoms with Gasteiger partial charge in [0.25, 0.3) is 0 Å². The number of benzene rings is 1. The van der Waals surface area contributed by atoms with Crippen LogP contribution in [0.15, 0.2) is 12.1 Å². The van der Waals surface area contributed by atoms with Crippen molar-refractivity contribution in [2.75, 3.05) is 13.1 Å². The number of aryl methyl sites for hydroxylation is 1. The third kappa shape index (κ3) is 1.64. The van der Waals surface area contributed by atoms with Crippen LogP contribution >= 0.6 is 0 Å². The van der Waals surface area contributed by atoms with Gasteiger partial charge < -0.3 is 5.32 Å². The van der Waals surface area contributed by atoms with Crippen LogP contribution in [0.2, 0.25) is 0 Å². The molecule has 3 heteroatoms. The Kier molecular flexibility index (Phi) is 2.50. The van der Waals surface area contributed by atoms with Crippen LogP contribution < -0.4 is 5.32 Å². The van der Waals surface area contributed by atoms with Gasteiger partial charge in [0, 0.05) is 12.5 Å². The van der Waals surface area contributed by atoms with Crippen molar-refractivity contribution in [2.45, 2.75) is 19.3 Å². The fraction of sp³-hybridized carbons (Fsp3) is 0.455. The monoisotopic (exact) mass is 197 g/mol. The molecule has 1 nitrogen and oxygen atoms in total. The minimum atomic E-state index is -0.730. The number of nitrogens with one attached hydrogen (secondary N) is 1. The van der Waals surface area contributed by atoms with Gasteiger partial charge in [-0.1, -0.05) is 6.07 Å². The molecule has 1 N–H and O–H groups in total. The van der Waals surface area contributed by atoms with Crippen molar-refractivity contribution in [3.8, 4) is 0 Å². The molecule has 0 saturated carbocycles. The van der Waals surface area contributed by atoms with Crippen molar-refractivity contribution in [1.82, 2.24) is 5.32 Å². The lowest BCUT2D eigenvalue weighted by molar-refractivity contribution is 0.489. The third-order valence-corrected chi connectivity index (χ3v) is 2.70. The van der Waals surface area contributed by atoms with Gasteiger partial charge in [-0.2, -0.15) is 0 Å². The molecule has 1 unspecified atom stereocenters. The number of halogens is 2. The highest BCUT2D eigenvalue weighted by Crippen LogP contribution is 2.27. The molecule has 76 valence electrons. The fourth-order valence-corrected chi connectivity index (χ4v) is 1.97. The Balaban J connectivity index is 2.40. The molecule has 0 aliphatic carbocycles. The SMILES string of the molecule is Cc1cc(F)c(F)c(C2CCNC2)c1. The Morgan fingerprint density at radius 3 is 2.79 bits per heavy atom. The lowest BCUT2D eigenvalue weighted by Crippen LogP contribution is -2.09. The second-order valence-corrected chi connectivity index (χ2v) is 3.84. The first-order valence-electron chi connectivity index (χ1n) is 4.84. The van der Waals surface area contributed by atoms with Crippen LogP contribution in [0.5, 0.6) is 0 Å². The summed E-state index contributed by atoms with van der Waals surface area (Å²) in [6.07, 6.45) is 0.889. The molecule has 1 saturated heterocycles. The summed E-state index contributed by atoms with van der Waals surface area (Å²) in [5, 5.41) is 3.15. The largest absolute Gasteiger partial charge is 0.316 e. The van der Waals surface area contributed by atoms with Crippen LogP contribution in [0, 0.1) is 18.6 Å². The number of hydrogen-bond acceptors (Lipinski definition) is 1. The van der Waals surface area contributed by atoms with E-state index in [1.165, 1.54) is 6.07 Å². The topological polar surface area (TPSA) is 12.0 Å². The molecule has 0 aromatic heterocycles. The molecule has 0 amide bonds. The van der Waals surface area contributed by atoms with E-state index in [-0.39, 0.29) is 5.92 Å². The summed E-state index contributed by atoms with van der Waals surface area (Å²) in [4.78, 5) is 0. The first kappa shape index (κ1) is 9.59. The van der Waals surface area contributed by atoms with Crippen LogP contribution in [-0.2, 0) is 0 Å². The molecule has 0 bridgehead atoms. The average Bonchev–Trinajstić information content (AvgIpc) is 2.63. The van der Waals surface area contributed by atoms with E-state index < -0.39 is 11.6 Å². The highest BCUT2D eigenvalue weighted by Gasteiger charge is 2.21. The van der Waals surface area contributed by atoms with E-state index in [1.54, 1.807) is 13.0 Å². The minimum Gasteiger partial charge on any atom is -0.316 e. The maximum Gasteiger partial charge on any atom is 0.162 e. The molecule has 0 radical (unpaired) electrons. The van der Waals surface area contributed by atoms with Crippen LogP contribution in [0.25, 0.3) is 0 Å². The van der Waals surface area contributed by atoms with Crippen LogP contribution in [0.1, 0.15) is 23.5 Å². The van der Waals surface area contributed by atoms with E-state index in [0.717, 1.165) is 25.1 Å². The molecular formula is C11H13F2N. The Morgan fingerprint density at radius 2 is 2.14 bits per heavy atom. The zero-order chi connectivity index (χ0) is 10.1. The molecule has 1 aromatic rings. The Morgan fingerprint density at radius 1 is 1.36 bits per heavy atom. The van der Waals surface area contributed by atoms with Gasteiger partial charge >= 0.3 is 0 Å². The second-order valence-electron chi connectivity index (χ2n) is 3.84. The summed E-state index contributed by atoms with van der Waals surface area (Å²) < 4.78 is 26.5. The van der Waals surface area contributed by atoms with Crippen LogP contribution in [0.3, 0.4) is 0 Å². The van der Waals surface area contributed by atoms with E-state index in [1.807, 2.05) is 0 Å². The zero-order valence-corrected chi connectivity index (χ0v) is 8.11. The van der Waals surface area contributed by atoms with Crippen molar-refractivity contribution in [3.63, 3.8) is 0 Å². The lowest BCUT2D eigenvalue weighted by Gasteiger charge is -2.11. The van der Waals surface area contributed by atoms with Crippen LogP contribution in [0.4, 0.5) is 8.78 Å². The quantitative estimate of drug-likeness (QED) is 0.728. The molecule has 1 aliphatic heterocycles. The Bertz CT molecular complexity index is 343. The van der Waals surface area contributed by atoms with Gasteiger partial charge in [0.05, 0.1) is 0 Å². The normalized spacial score (nSPS) is 21.5. The van der Waals surface area contributed by atoms with Crippen molar-refractivity contribution in [1.29, 1.82) is 0 Å². The van der Waals surface area contributed by atoms with Crippen molar-refractivity contribution < 1.29 is 8.78 Å². The Labute approximate surface area is 82.1 Å². The molecule has 14 heavy (non-hydrogen) atoms. The van der Waals surface area contributed by atoms with E-state index in [0.29, 0.717) is 5.56 Å². The predicted octanol–water partition coefficient (Wildman–Crippen LogP) is 2.35. The maximum atomic E-state index is 13.4. The van der Waals surface area contributed by atoms with E-state index in [4.69, 9.17) is 0 Å². The lowest BCUT2D eigenvalue weighted by atomic mass is 9.96. The maximum absolute atomic E-state index is 13.4. The minimum absolute atomic E-state index is 0.129. The predicted molar refractivity (Wildman–Crippen MR) is 51.3 cm³/mol. The van der Waals surface area contributed by atoms with E-state index >= 15 is 0 Å². The highest BCUT2D eigenvalue weighted by atomic mass is 19.2. The third-order valence-electron chi connectivity index (χ3n) is 2.70. The summed E-state index contributed by atoms with van der Waals surface area (Å²) >= 11 is 0. The van der Waals surface area contributed by atoms with Gasteiger partial charge in [0.1, 0.15) is 0 Å².